The van der Waals surface area contributed by atoms with Crippen molar-refractivity contribution in [1.29, 1.82) is 0 Å². The van der Waals surface area contributed by atoms with Gasteiger partial charge in [0.1, 0.15) is 0 Å². The van der Waals surface area contributed by atoms with Gasteiger partial charge in [0.25, 0.3) is 0 Å². The fourth-order valence-corrected chi connectivity index (χ4v) is 4.97. The maximum Gasteiger partial charge on any atom is 0.241 e. The van der Waals surface area contributed by atoms with E-state index < -0.39 is 16.1 Å². The number of sulfonamides is 1. The van der Waals surface area contributed by atoms with Crippen LogP contribution in [0.5, 0.6) is 0 Å². The lowest BCUT2D eigenvalue weighted by atomic mass is 10.1. The quantitative estimate of drug-likeness (QED) is 0.916. The van der Waals surface area contributed by atoms with Crippen LogP contribution < -0.4 is 4.72 Å². The highest BCUT2D eigenvalue weighted by Gasteiger charge is 2.28. The number of benzene rings is 1. The maximum absolute atomic E-state index is 12.7. The molecule has 1 aromatic carbocycles. The lowest BCUT2D eigenvalue weighted by Gasteiger charge is -2.29. The second-order valence-corrected chi connectivity index (χ2v) is 8.11. The number of likely N-dealkylation sites (tertiary alicyclic amines) is 1. The Balaban J connectivity index is 2.19. The van der Waals surface area contributed by atoms with Gasteiger partial charge in [0.05, 0.1) is 10.9 Å². The molecule has 0 saturated carbocycles. The fourth-order valence-electron chi connectivity index (χ4n) is 3.32. The predicted molar refractivity (Wildman–Crippen MR) is 90.9 cm³/mol. The van der Waals surface area contributed by atoms with Crippen molar-refractivity contribution < 1.29 is 13.2 Å². The minimum Gasteiger partial charge on any atom is -0.341 e. The van der Waals surface area contributed by atoms with Crippen LogP contribution in [0.2, 0.25) is 0 Å². The van der Waals surface area contributed by atoms with Crippen LogP contribution in [0.15, 0.2) is 17.0 Å². The van der Waals surface area contributed by atoms with E-state index >= 15 is 0 Å². The van der Waals surface area contributed by atoms with E-state index in [-0.39, 0.29) is 10.8 Å². The van der Waals surface area contributed by atoms with Crippen molar-refractivity contribution in [2.75, 3.05) is 13.1 Å². The molecule has 1 atom stereocenters. The topological polar surface area (TPSA) is 66.5 Å². The Morgan fingerprint density at radius 1 is 1.09 bits per heavy atom. The molecule has 1 aliphatic heterocycles. The third-order valence-electron chi connectivity index (χ3n) is 4.24. The molecule has 1 N–H and O–H groups in total. The highest BCUT2D eigenvalue weighted by molar-refractivity contribution is 7.89. The van der Waals surface area contributed by atoms with E-state index in [1.165, 1.54) is 0 Å². The third kappa shape index (κ3) is 4.12. The molecule has 1 amide bonds. The highest BCUT2D eigenvalue weighted by atomic mass is 32.2. The van der Waals surface area contributed by atoms with Crippen LogP contribution in [0, 0.1) is 20.8 Å². The second kappa shape index (κ2) is 7.01. The first kappa shape index (κ1) is 17.9. The molecule has 2 rings (SSSR count). The fraction of sp³-hybridized carbons (Fsp3) is 0.588. The molecule has 128 valence electrons. The van der Waals surface area contributed by atoms with Gasteiger partial charge < -0.3 is 4.90 Å². The van der Waals surface area contributed by atoms with Gasteiger partial charge in [-0.25, -0.2) is 8.42 Å². The summed E-state index contributed by atoms with van der Waals surface area (Å²) in [7, 11) is -3.72. The Morgan fingerprint density at radius 2 is 1.61 bits per heavy atom. The van der Waals surface area contributed by atoms with Crippen molar-refractivity contribution in [2.45, 2.75) is 57.9 Å². The van der Waals surface area contributed by atoms with Gasteiger partial charge in [-0.2, -0.15) is 4.72 Å². The van der Waals surface area contributed by atoms with Gasteiger partial charge in [-0.1, -0.05) is 17.7 Å². The van der Waals surface area contributed by atoms with E-state index in [0.29, 0.717) is 24.2 Å². The Labute approximate surface area is 139 Å². The predicted octanol–water partition coefficient (Wildman–Crippen LogP) is 2.29. The first-order chi connectivity index (χ1) is 10.7. The van der Waals surface area contributed by atoms with E-state index in [2.05, 4.69) is 4.72 Å². The number of nitrogens with one attached hydrogen (secondary N) is 1. The summed E-state index contributed by atoms with van der Waals surface area (Å²) in [5, 5.41) is 0. The van der Waals surface area contributed by atoms with E-state index in [0.717, 1.165) is 24.8 Å². The average Bonchev–Trinajstić information content (AvgIpc) is 2.45. The molecule has 1 heterocycles. The summed E-state index contributed by atoms with van der Waals surface area (Å²) < 4.78 is 28.0. The van der Waals surface area contributed by atoms with Crippen LogP contribution in [-0.2, 0) is 14.8 Å². The summed E-state index contributed by atoms with van der Waals surface area (Å²) in [6.45, 7) is 8.55. The largest absolute Gasteiger partial charge is 0.341 e. The highest BCUT2D eigenvalue weighted by Crippen LogP contribution is 2.22. The summed E-state index contributed by atoms with van der Waals surface area (Å²) in [5.74, 6) is -0.143. The second-order valence-electron chi connectivity index (χ2n) is 6.46. The van der Waals surface area contributed by atoms with Crippen molar-refractivity contribution >= 4 is 15.9 Å². The van der Waals surface area contributed by atoms with Crippen LogP contribution in [0.3, 0.4) is 0 Å². The Hall–Kier alpha value is -1.40. The molecule has 0 spiro atoms. The molecule has 0 aromatic heterocycles. The summed E-state index contributed by atoms with van der Waals surface area (Å²) in [4.78, 5) is 14.5. The lowest BCUT2D eigenvalue weighted by Crippen LogP contribution is -2.48. The van der Waals surface area contributed by atoms with Gasteiger partial charge in [-0.05, 0) is 58.1 Å². The summed E-state index contributed by atoms with van der Waals surface area (Å²) >= 11 is 0. The zero-order valence-electron chi connectivity index (χ0n) is 14.3. The Kier molecular flexibility index (Phi) is 5.47. The summed E-state index contributed by atoms with van der Waals surface area (Å²) in [6.07, 6.45) is 3.11. The summed E-state index contributed by atoms with van der Waals surface area (Å²) in [6, 6.07) is 2.94. The van der Waals surface area contributed by atoms with Crippen molar-refractivity contribution in [3.8, 4) is 0 Å². The van der Waals surface area contributed by atoms with Gasteiger partial charge in [-0.15, -0.1) is 0 Å². The van der Waals surface area contributed by atoms with E-state index in [1.54, 1.807) is 25.7 Å². The molecule has 23 heavy (non-hydrogen) atoms. The zero-order chi connectivity index (χ0) is 17.2. The van der Waals surface area contributed by atoms with Crippen molar-refractivity contribution in [3.63, 3.8) is 0 Å². The van der Waals surface area contributed by atoms with Crippen molar-refractivity contribution in [1.82, 2.24) is 9.62 Å². The van der Waals surface area contributed by atoms with E-state index in [1.807, 2.05) is 19.1 Å². The number of piperidine rings is 1. The van der Waals surface area contributed by atoms with E-state index in [9.17, 15) is 13.2 Å². The number of hydrogen-bond acceptors (Lipinski definition) is 3. The van der Waals surface area contributed by atoms with Crippen LogP contribution in [0.4, 0.5) is 0 Å². The normalized spacial score (nSPS) is 17.1. The smallest absolute Gasteiger partial charge is 0.241 e. The van der Waals surface area contributed by atoms with Crippen molar-refractivity contribution in [3.05, 3.63) is 28.8 Å². The molecule has 0 unspecified atom stereocenters. The van der Waals surface area contributed by atoms with Crippen LogP contribution >= 0.6 is 0 Å². The molecule has 1 aliphatic rings. The monoisotopic (exact) mass is 338 g/mol. The number of amides is 1. The Morgan fingerprint density at radius 3 is 2.13 bits per heavy atom. The molecule has 6 heteroatoms. The minimum atomic E-state index is -3.72. The van der Waals surface area contributed by atoms with Crippen LogP contribution in [0.25, 0.3) is 0 Å². The van der Waals surface area contributed by atoms with Gasteiger partial charge in [0.2, 0.25) is 15.9 Å². The molecule has 1 saturated heterocycles. The summed E-state index contributed by atoms with van der Waals surface area (Å²) in [5.41, 5.74) is 2.43. The van der Waals surface area contributed by atoms with Gasteiger partial charge in [0, 0.05) is 13.1 Å². The molecule has 0 radical (unpaired) electrons. The van der Waals surface area contributed by atoms with Crippen molar-refractivity contribution in [2.24, 2.45) is 0 Å². The molecule has 1 aromatic rings. The molecular weight excluding hydrogens is 312 g/mol. The Bertz CT molecular complexity index is 669. The molecule has 0 aliphatic carbocycles. The first-order valence-corrected chi connectivity index (χ1v) is 9.59. The van der Waals surface area contributed by atoms with Crippen LogP contribution in [-0.4, -0.2) is 38.4 Å². The van der Waals surface area contributed by atoms with Gasteiger partial charge >= 0.3 is 0 Å². The first-order valence-electron chi connectivity index (χ1n) is 8.11. The minimum absolute atomic E-state index is 0.143. The number of rotatable bonds is 4. The number of carbonyl (C=O) groups is 1. The SMILES string of the molecule is Cc1cc(C)c(S(=O)(=O)N[C@@H](C)C(=O)N2CCCCC2)c(C)c1. The van der Waals surface area contributed by atoms with Gasteiger partial charge in [0.15, 0.2) is 0 Å². The molecular formula is C17H26N2O3S. The number of carbonyl (C=O) groups excluding carboxylic acids is 1. The number of nitrogens with zero attached hydrogens (tertiary/aromatic N) is 1. The lowest BCUT2D eigenvalue weighted by molar-refractivity contribution is -0.133. The van der Waals surface area contributed by atoms with Gasteiger partial charge in [-0.3, -0.25) is 4.79 Å². The molecule has 5 nitrogen and oxygen atoms in total. The van der Waals surface area contributed by atoms with Crippen LogP contribution in [0.1, 0.15) is 42.9 Å². The molecule has 1 fully saturated rings. The third-order valence-corrected chi connectivity index (χ3v) is 6.09. The zero-order valence-corrected chi connectivity index (χ0v) is 15.2. The average molecular weight is 338 g/mol. The molecule has 0 bridgehead atoms. The van der Waals surface area contributed by atoms with E-state index in [4.69, 9.17) is 0 Å². The number of aryl methyl sites for hydroxylation is 3. The number of hydrogen-bond donors (Lipinski definition) is 1. The maximum atomic E-state index is 12.7. The standard InChI is InChI=1S/C17H26N2O3S/c1-12-10-13(2)16(14(3)11-12)23(21,22)18-15(4)17(20)19-8-6-5-7-9-19/h10-11,15,18H,5-9H2,1-4H3/t15-/m0/s1.